The predicted octanol–water partition coefficient (Wildman–Crippen LogP) is 2.86. The summed E-state index contributed by atoms with van der Waals surface area (Å²) in [7, 11) is 0. The van der Waals surface area contributed by atoms with E-state index >= 15 is 0 Å². The number of aryl methyl sites for hydroxylation is 1. The van der Waals surface area contributed by atoms with E-state index < -0.39 is 30.3 Å². The lowest BCUT2D eigenvalue weighted by molar-refractivity contribution is 0.0663. The van der Waals surface area contributed by atoms with Crippen LogP contribution in [-0.4, -0.2) is 53.7 Å². The van der Waals surface area contributed by atoms with Crippen LogP contribution < -0.4 is 5.43 Å². The number of piperidine rings is 1. The van der Waals surface area contributed by atoms with Crippen LogP contribution in [0.4, 0.5) is 17.6 Å². The van der Waals surface area contributed by atoms with Crippen molar-refractivity contribution >= 4 is 18.0 Å². The van der Waals surface area contributed by atoms with Gasteiger partial charge in [-0.25, -0.2) is 32.6 Å². The fourth-order valence-corrected chi connectivity index (χ4v) is 3.86. The summed E-state index contributed by atoms with van der Waals surface area (Å²) in [6.07, 6.45) is 0.550. The Bertz CT molecular complexity index is 906. The van der Waals surface area contributed by atoms with Gasteiger partial charge in [0.15, 0.2) is 11.6 Å². The number of amides is 1. The van der Waals surface area contributed by atoms with Crippen LogP contribution >= 0.6 is 0 Å². The van der Waals surface area contributed by atoms with Crippen molar-refractivity contribution in [2.24, 2.45) is 15.9 Å². The van der Waals surface area contributed by atoms with Gasteiger partial charge in [-0.1, -0.05) is 0 Å². The van der Waals surface area contributed by atoms with Crippen LogP contribution in [0.25, 0.3) is 0 Å². The van der Waals surface area contributed by atoms with E-state index in [2.05, 4.69) is 15.4 Å². The van der Waals surface area contributed by atoms with Crippen molar-refractivity contribution in [3.8, 4) is 0 Å². The van der Waals surface area contributed by atoms with Gasteiger partial charge in [-0.15, -0.1) is 0 Å². The minimum absolute atomic E-state index is 0.0518. The number of hydrogen-bond acceptors (Lipinski definition) is 5. The highest BCUT2D eigenvalue weighted by molar-refractivity contribution is 5.99. The maximum atomic E-state index is 13.7. The Morgan fingerprint density at radius 1 is 1.31 bits per heavy atom. The highest BCUT2D eigenvalue weighted by Crippen LogP contribution is 2.31. The molecule has 1 N–H and O–H groups in total. The molecule has 3 aliphatic heterocycles. The lowest BCUT2D eigenvalue weighted by Crippen LogP contribution is -2.47. The van der Waals surface area contributed by atoms with Crippen molar-refractivity contribution in [1.29, 1.82) is 0 Å². The first-order valence-corrected chi connectivity index (χ1v) is 9.24. The number of rotatable bonds is 3. The summed E-state index contributed by atoms with van der Waals surface area (Å²) in [6, 6.07) is 2.21. The molecule has 1 fully saturated rings. The number of benzene rings is 1. The Labute approximate surface area is 164 Å². The van der Waals surface area contributed by atoms with E-state index in [4.69, 9.17) is 0 Å². The summed E-state index contributed by atoms with van der Waals surface area (Å²) in [5.41, 5.74) is 3.24. The van der Waals surface area contributed by atoms with E-state index in [0.717, 1.165) is 6.07 Å². The van der Waals surface area contributed by atoms with Gasteiger partial charge in [0.1, 0.15) is 12.1 Å². The van der Waals surface area contributed by atoms with Gasteiger partial charge in [0, 0.05) is 30.3 Å². The molecule has 1 aromatic carbocycles. The summed E-state index contributed by atoms with van der Waals surface area (Å²) >= 11 is 0. The first-order valence-electron chi connectivity index (χ1n) is 9.24. The fourth-order valence-electron chi connectivity index (χ4n) is 3.86. The molecule has 0 saturated carbocycles. The van der Waals surface area contributed by atoms with Gasteiger partial charge in [0.25, 0.3) is 12.3 Å². The second-order valence-electron chi connectivity index (χ2n) is 7.23. The number of fused-ring (bicyclic) bond motifs is 1. The Morgan fingerprint density at radius 2 is 2.10 bits per heavy atom. The number of carbonyl (C=O) groups is 1. The highest BCUT2D eigenvalue weighted by Gasteiger charge is 2.36. The van der Waals surface area contributed by atoms with Gasteiger partial charge in [-0.2, -0.15) is 0 Å². The molecule has 3 heterocycles. The highest BCUT2D eigenvalue weighted by atomic mass is 19.3. The summed E-state index contributed by atoms with van der Waals surface area (Å²) in [6.45, 7) is 2.11. The van der Waals surface area contributed by atoms with Crippen molar-refractivity contribution in [2.75, 3.05) is 13.1 Å². The number of carbonyl (C=O) groups excluding carboxylic acids is 1. The fraction of sp³-hybridized carbons (Fsp3) is 0.421. The van der Waals surface area contributed by atoms with Crippen LogP contribution in [0.5, 0.6) is 0 Å². The Hall–Kier alpha value is -2.91. The number of likely N-dealkylation sites (tertiary alicyclic amines) is 1. The SMILES string of the molecule is Cc1cc(C(=O)N2CCC[C@H](C3=CC(C(F)F)=NC4N=CNN34)C2)cc(F)c1F. The lowest BCUT2D eigenvalue weighted by atomic mass is 9.92. The second kappa shape index (κ2) is 7.49. The van der Waals surface area contributed by atoms with Crippen LogP contribution in [0, 0.1) is 24.5 Å². The largest absolute Gasteiger partial charge is 0.338 e. The van der Waals surface area contributed by atoms with Crippen LogP contribution in [0.3, 0.4) is 0 Å². The third-order valence-electron chi connectivity index (χ3n) is 5.28. The maximum absolute atomic E-state index is 13.7. The first-order chi connectivity index (χ1) is 13.8. The summed E-state index contributed by atoms with van der Waals surface area (Å²) in [4.78, 5) is 22.4. The number of alkyl halides is 2. The molecule has 1 unspecified atom stereocenters. The number of halogens is 4. The predicted molar refractivity (Wildman–Crippen MR) is 98.5 cm³/mol. The number of hydrazine groups is 1. The summed E-state index contributed by atoms with van der Waals surface area (Å²) in [5, 5.41) is 1.60. The molecule has 1 amide bonds. The van der Waals surface area contributed by atoms with E-state index in [1.165, 1.54) is 25.4 Å². The van der Waals surface area contributed by atoms with Crippen molar-refractivity contribution in [3.05, 3.63) is 46.7 Å². The van der Waals surface area contributed by atoms with Crippen molar-refractivity contribution in [1.82, 2.24) is 15.3 Å². The van der Waals surface area contributed by atoms with Crippen molar-refractivity contribution < 1.29 is 22.4 Å². The molecule has 10 heteroatoms. The van der Waals surface area contributed by atoms with Gasteiger partial charge in [-0.3, -0.25) is 10.2 Å². The first kappa shape index (κ1) is 19.4. The molecule has 154 valence electrons. The van der Waals surface area contributed by atoms with Crippen LogP contribution in [0.2, 0.25) is 0 Å². The van der Waals surface area contributed by atoms with Gasteiger partial charge in [0.05, 0.1) is 0 Å². The molecule has 0 aromatic heterocycles. The van der Waals surface area contributed by atoms with Crippen molar-refractivity contribution in [3.63, 3.8) is 0 Å². The number of hydrogen-bond donors (Lipinski definition) is 1. The normalized spacial score (nSPS) is 23.7. The van der Waals surface area contributed by atoms with E-state index in [0.29, 0.717) is 25.1 Å². The maximum Gasteiger partial charge on any atom is 0.280 e. The summed E-state index contributed by atoms with van der Waals surface area (Å²) < 4.78 is 53.8. The lowest BCUT2D eigenvalue weighted by Gasteiger charge is -2.39. The molecule has 6 nitrogen and oxygen atoms in total. The molecule has 29 heavy (non-hydrogen) atoms. The molecular formula is C19H19F4N5O. The van der Waals surface area contributed by atoms with E-state index in [1.54, 1.807) is 9.91 Å². The molecule has 1 aromatic rings. The number of nitrogens with zero attached hydrogens (tertiary/aromatic N) is 4. The molecule has 3 aliphatic rings. The van der Waals surface area contributed by atoms with Crippen LogP contribution in [-0.2, 0) is 0 Å². The van der Waals surface area contributed by atoms with Crippen LogP contribution in [0.15, 0.2) is 33.9 Å². The smallest absolute Gasteiger partial charge is 0.280 e. The second-order valence-corrected chi connectivity index (χ2v) is 7.23. The molecule has 0 spiro atoms. The number of aliphatic imine (C=N–C) groups is 2. The molecule has 1 saturated heterocycles. The summed E-state index contributed by atoms with van der Waals surface area (Å²) in [5.74, 6) is -2.69. The molecule has 0 radical (unpaired) electrons. The average molecular weight is 409 g/mol. The Kier molecular flexibility index (Phi) is 5.01. The molecule has 0 bridgehead atoms. The molecule has 4 rings (SSSR count). The topological polar surface area (TPSA) is 60.3 Å². The monoisotopic (exact) mass is 409 g/mol. The molecule has 0 aliphatic carbocycles. The van der Waals surface area contributed by atoms with Gasteiger partial charge in [-0.05, 0) is 43.5 Å². The zero-order valence-corrected chi connectivity index (χ0v) is 15.6. The minimum atomic E-state index is -2.73. The molecule has 2 atom stereocenters. The number of allylic oxidation sites excluding steroid dienone is 1. The molecular weight excluding hydrogens is 390 g/mol. The number of nitrogens with one attached hydrogen (secondary N) is 1. The Balaban J connectivity index is 1.57. The van der Waals surface area contributed by atoms with Crippen molar-refractivity contribution in [2.45, 2.75) is 32.5 Å². The zero-order chi connectivity index (χ0) is 20.7. The van der Waals surface area contributed by atoms with Gasteiger partial charge in [0.2, 0.25) is 6.29 Å². The third-order valence-corrected chi connectivity index (χ3v) is 5.28. The Morgan fingerprint density at radius 3 is 2.83 bits per heavy atom. The van der Waals surface area contributed by atoms with E-state index in [1.807, 2.05) is 0 Å². The van der Waals surface area contributed by atoms with Gasteiger partial charge >= 0.3 is 0 Å². The zero-order valence-electron chi connectivity index (χ0n) is 15.6. The average Bonchev–Trinajstić information content (AvgIpc) is 3.19. The van der Waals surface area contributed by atoms with Crippen LogP contribution in [0.1, 0.15) is 28.8 Å². The van der Waals surface area contributed by atoms with E-state index in [9.17, 15) is 22.4 Å². The van der Waals surface area contributed by atoms with Gasteiger partial charge < -0.3 is 4.90 Å². The minimum Gasteiger partial charge on any atom is -0.338 e. The van der Waals surface area contributed by atoms with E-state index in [-0.39, 0.29) is 29.3 Å². The third kappa shape index (κ3) is 3.58. The standard InChI is InChI=1S/C19H19F4N5O/c1-10-5-12(6-13(20)16(10)21)18(29)27-4-2-3-11(8-27)15-7-14(17(22)23)26-19-24-9-25-28(15)19/h5-7,9,11,17,19H,2-4,8H2,1H3,(H,24,25)/t11-,19?/m0/s1. The quantitative estimate of drug-likeness (QED) is 0.781.